The van der Waals surface area contributed by atoms with Crippen molar-refractivity contribution in [3.8, 4) is 5.69 Å². The van der Waals surface area contributed by atoms with Gasteiger partial charge in [-0.3, -0.25) is 24.4 Å². The number of anilines is 1. The van der Waals surface area contributed by atoms with Crippen LogP contribution >= 0.6 is 11.6 Å². The Morgan fingerprint density at radius 3 is 2.43 bits per heavy atom. The number of nitrogens with zero attached hydrogens (tertiary/aromatic N) is 4. The zero-order chi connectivity index (χ0) is 26.1. The first-order chi connectivity index (χ1) is 17.8. The van der Waals surface area contributed by atoms with Crippen molar-refractivity contribution in [2.45, 2.75) is 12.5 Å². The maximum atomic E-state index is 13.5. The maximum Gasteiger partial charge on any atom is 0.266 e. The molecule has 1 N–H and O–H groups in total. The van der Waals surface area contributed by atoms with Crippen molar-refractivity contribution in [3.05, 3.63) is 106 Å². The molecule has 5 rings (SSSR count). The van der Waals surface area contributed by atoms with Gasteiger partial charge in [0.2, 0.25) is 5.91 Å². The van der Waals surface area contributed by atoms with Crippen LogP contribution in [0.1, 0.15) is 23.9 Å². The zero-order valence-electron chi connectivity index (χ0n) is 20.3. The number of aromatic nitrogens is 2. The fraction of sp³-hybridized carbons (Fsp3) is 0.143. The lowest BCUT2D eigenvalue weighted by Gasteiger charge is -2.40. The fourth-order valence-electron chi connectivity index (χ4n) is 4.21. The SMILES string of the molecule is CN(C)c1ccc(/C=C/C(=O)NN2C(=O)CC2c2nc3ccccc3c(=O)n2-c2ccccc2Cl)cc1. The third-order valence-electron chi connectivity index (χ3n) is 6.21. The van der Waals surface area contributed by atoms with Gasteiger partial charge < -0.3 is 4.90 Å². The number of para-hydroxylation sites is 2. The highest BCUT2D eigenvalue weighted by atomic mass is 35.5. The van der Waals surface area contributed by atoms with Crippen LogP contribution in [0.4, 0.5) is 5.69 Å². The van der Waals surface area contributed by atoms with Gasteiger partial charge in [-0.2, -0.15) is 0 Å². The number of carbonyl (C=O) groups excluding carboxylic acids is 2. The van der Waals surface area contributed by atoms with E-state index >= 15 is 0 Å². The number of carbonyl (C=O) groups is 2. The standard InChI is InChI=1S/C28H24ClN5O3/c1-32(2)19-14-11-18(12-15-19)13-16-25(35)31-34-24(17-26(34)36)27-30-22-9-5-3-7-20(22)28(37)33(27)23-10-6-4-8-21(23)29/h3-16,24H,17H2,1-2H3,(H,31,35)/b16-13+. The molecule has 0 saturated carbocycles. The molecule has 2 amide bonds. The third kappa shape index (κ3) is 4.71. The molecule has 1 aliphatic heterocycles. The van der Waals surface area contributed by atoms with E-state index in [-0.39, 0.29) is 17.9 Å². The lowest BCUT2D eigenvalue weighted by molar-refractivity contribution is -0.156. The van der Waals surface area contributed by atoms with E-state index in [0.29, 0.717) is 27.4 Å². The number of fused-ring (bicyclic) bond motifs is 1. The number of rotatable bonds is 6. The molecule has 1 aliphatic rings. The monoisotopic (exact) mass is 513 g/mol. The zero-order valence-corrected chi connectivity index (χ0v) is 21.0. The van der Waals surface area contributed by atoms with Crippen molar-refractivity contribution in [1.29, 1.82) is 0 Å². The van der Waals surface area contributed by atoms with Crippen molar-refractivity contribution in [3.63, 3.8) is 0 Å². The Bertz CT molecular complexity index is 1590. The summed E-state index contributed by atoms with van der Waals surface area (Å²) in [4.78, 5) is 45.5. The number of halogens is 1. The summed E-state index contributed by atoms with van der Waals surface area (Å²) in [6.45, 7) is 0. The van der Waals surface area contributed by atoms with Gasteiger partial charge in [0.15, 0.2) is 0 Å². The molecule has 9 heteroatoms. The Kier molecular flexibility index (Phi) is 6.50. The summed E-state index contributed by atoms with van der Waals surface area (Å²) in [5, 5.41) is 2.01. The molecule has 2 heterocycles. The van der Waals surface area contributed by atoms with E-state index in [9.17, 15) is 14.4 Å². The van der Waals surface area contributed by atoms with Gasteiger partial charge in [0.1, 0.15) is 11.9 Å². The molecule has 4 aromatic rings. The minimum Gasteiger partial charge on any atom is -0.378 e. The first-order valence-electron chi connectivity index (χ1n) is 11.7. The van der Waals surface area contributed by atoms with Gasteiger partial charge in [-0.25, -0.2) is 9.99 Å². The van der Waals surface area contributed by atoms with Crippen molar-refractivity contribution >= 4 is 46.1 Å². The largest absolute Gasteiger partial charge is 0.378 e. The molecule has 1 atom stereocenters. The second-order valence-corrected chi connectivity index (χ2v) is 9.27. The molecule has 1 unspecified atom stereocenters. The molecule has 0 bridgehead atoms. The molecule has 8 nitrogen and oxygen atoms in total. The minimum absolute atomic E-state index is 0.0885. The molecular weight excluding hydrogens is 490 g/mol. The van der Waals surface area contributed by atoms with Crippen LogP contribution in [0.15, 0.2) is 83.7 Å². The average Bonchev–Trinajstić information content (AvgIpc) is 2.90. The Balaban J connectivity index is 1.46. The minimum atomic E-state index is -0.641. The van der Waals surface area contributed by atoms with E-state index in [1.807, 2.05) is 43.3 Å². The second-order valence-electron chi connectivity index (χ2n) is 8.86. The summed E-state index contributed by atoms with van der Waals surface area (Å²) in [6, 6.07) is 21.0. The van der Waals surface area contributed by atoms with Crippen LogP contribution in [-0.2, 0) is 9.59 Å². The van der Waals surface area contributed by atoms with Gasteiger partial charge >= 0.3 is 0 Å². The van der Waals surface area contributed by atoms with Crippen LogP contribution in [0, 0.1) is 0 Å². The van der Waals surface area contributed by atoms with Crippen molar-refractivity contribution in [2.75, 3.05) is 19.0 Å². The van der Waals surface area contributed by atoms with Crippen LogP contribution in [-0.4, -0.2) is 40.5 Å². The van der Waals surface area contributed by atoms with Gasteiger partial charge in [0.25, 0.3) is 11.5 Å². The normalized spacial score (nSPS) is 15.2. The van der Waals surface area contributed by atoms with Gasteiger partial charge in [0, 0.05) is 25.9 Å². The highest BCUT2D eigenvalue weighted by Crippen LogP contribution is 2.34. The molecule has 1 fully saturated rings. The van der Waals surface area contributed by atoms with E-state index < -0.39 is 11.9 Å². The number of hydrogen-bond acceptors (Lipinski definition) is 5. The molecule has 1 saturated heterocycles. The van der Waals surface area contributed by atoms with Crippen LogP contribution in [0.2, 0.25) is 5.02 Å². The van der Waals surface area contributed by atoms with E-state index in [0.717, 1.165) is 11.3 Å². The Hall–Kier alpha value is -4.43. The Labute approximate surface area is 218 Å². The van der Waals surface area contributed by atoms with Crippen LogP contribution < -0.4 is 15.9 Å². The van der Waals surface area contributed by atoms with Crippen LogP contribution in [0.3, 0.4) is 0 Å². The lowest BCUT2D eigenvalue weighted by Crippen LogP contribution is -2.57. The maximum absolute atomic E-state index is 13.5. The topological polar surface area (TPSA) is 87.5 Å². The number of nitrogens with one attached hydrogen (secondary N) is 1. The van der Waals surface area contributed by atoms with Gasteiger partial charge in [0.05, 0.1) is 28.0 Å². The Morgan fingerprint density at radius 2 is 1.73 bits per heavy atom. The van der Waals surface area contributed by atoms with Gasteiger partial charge in [-0.05, 0) is 48.0 Å². The van der Waals surface area contributed by atoms with Crippen molar-refractivity contribution in [2.24, 2.45) is 0 Å². The number of hydrazine groups is 1. The first-order valence-corrected chi connectivity index (χ1v) is 12.1. The average molecular weight is 514 g/mol. The van der Waals surface area contributed by atoms with Crippen LogP contribution in [0.5, 0.6) is 0 Å². The molecule has 186 valence electrons. The molecule has 0 spiro atoms. The van der Waals surface area contributed by atoms with Gasteiger partial charge in [-0.1, -0.05) is 48.0 Å². The molecule has 1 aromatic heterocycles. The summed E-state index contributed by atoms with van der Waals surface area (Å²) >= 11 is 6.45. The van der Waals surface area contributed by atoms with E-state index in [1.165, 1.54) is 15.7 Å². The number of β-lactam (4-membered cyclic amide) rings is 1. The van der Waals surface area contributed by atoms with Gasteiger partial charge in [-0.15, -0.1) is 0 Å². The quantitative estimate of drug-likeness (QED) is 0.309. The molecule has 3 aromatic carbocycles. The number of amides is 2. The molecule has 0 aliphatic carbocycles. The highest BCUT2D eigenvalue weighted by Gasteiger charge is 2.42. The number of benzene rings is 3. The first kappa shape index (κ1) is 24.3. The molecular formula is C28H24ClN5O3. The summed E-state index contributed by atoms with van der Waals surface area (Å²) in [6.07, 6.45) is 3.12. The van der Waals surface area contributed by atoms with Crippen molar-refractivity contribution < 1.29 is 9.59 Å². The molecule has 37 heavy (non-hydrogen) atoms. The number of hydrogen-bond donors (Lipinski definition) is 1. The summed E-state index contributed by atoms with van der Waals surface area (Å²) in [5.41, 5.74) is 5.17. The highest BCUT2D eigenvalue weighted by molar-refractivity contribution is 6.32. The third-order valence-corrected chi connectivity index (χ3v) is 6.53. The predicted molar refractivity (Wildman–Crippen MR) is 144 cm³/mol. The molecule has 0 radical (unpaired) electrons. The van der Waals surface area contributed by atoms with E-state index in [2.05, 4.69) is 5.43 Å². The summed E-state index contributed by atoms with van der Waals surface area (Å²) < 4.78 is 1.42. The summed E-state index contributed by atoms with van der Waals surface area (Å²) in [7, 11) is 3.91. The van der Waals surface area contributed by atoms with Crippen LogP contribution in [0.25, 0.3) is 22.7 Å². The summed E-state index contributed by atoms with van der Waals surface area (Å²) in [5.74, 6) is -0.433. The van der Waals surface area contributed by atoms with E-state index in [4.69, 9.17) is 16.6 Å². The van der Waals surface area contributed by atoms with Crippen molar-refractivity contribution in [1.82, 2.24) is 20.0 Å². The second kappa shape index (κ2) is 9.91. The lowest BCUT2D eigenvalue weighted by atomic mass is 10.0. The van der Waals surface area contributed by atoms with E-state index in [1.54, 1.807) is 54.6 Å². The fourth-order valence-corrected chi connectivity index (χ4v) is 4.43. The Morgan fingerprint density at radius 1 is 1.03 bits per heavy atom. The smallest absolute Gasteiger partial charge is 0.266 e. The predicted octanol–water partition coefficient (Wildman–Crippen LogP) is 4.12.